The molecule has 0 fully saturated rings. The molecule has 0 radical (unpaired) electrons. The average molecular weight is 255 g/mol. The molecule has 1 aromatic carbocycles. The van der Waals surface area contributed by atoms with Gasteiger partial charge in [0, 0.05) is 0 Å². The minimum atomic E-state index is -1.34. The molecule has 0 aliphatic heterocycles. The maximum Gasteiger partial charge on any atom is 0.337 e. The summed E-state index contributed by atoms with van der Waals surface area (Å²) in [7, 11) is 1.16. The Labute approximate surface area is 101 Å². The topological polar surface area (TPSA) is 92.7 Å². The number of benzene rings is 1. The number of hydrogen-bond acceptors (Lipinski definition) is 4. The van der Waals surface area contributed by atoms with Gasteiger partial charge in [-0.3, -0.25) is 9.59 Å². The van der Waals surface area contributed by atoms with Crippen molar-refractivity contribution in [1.82, 2.24) is 0 Å². The van der Waals surface area contributed by atoms with E-state index < -0.39 is 30.1 Å². The number of carboxylic acids is 1. The number of methoxy groups -OCH3 is 1. The number of esters is 1. The van der Waals surface area contributed by atoms with Crippen LogP contribution in [0.1, 0.15) is 16.8 Å². The highest BCUT2D eigenvalue weighted by Crippen LogP contribution is 2.17. The lowest BCUT2D eigenvalue weighted by molar-refractivity contribution is -0.139. The summed E-state index contributed by atoms with van der Waals surface area (Å²) >= 11 is 0. The summed E-state index contributed by atoms with van der Waals surface area (Å²) in [6.45, 7) is 0. The second-order valence-corrected chi connectivity index (χ2v) is 3.30. The molecule has 0 bridgehead atoms. The summed E-state index contributed by atoms with van der Waals surface area (Å²) in [6, 6.07) is 3.23. The van der Waals surface area contributed by atoms with Crippen molar-refractivity contribution in [3.63, 3.8) is 0 Å². The molecule has 7 heteroatoms. The second kappa shape index (κ2) is 5.76. The minimum absolute atomic E-state index is 0.0459. The summed E-state index contributed by atoms with van der Waals surface area (Å²) in [5.74, 6) is -3.69. The van der Waals surface area contributed by atoms with Gasteiger partial charge in [-0.1, -0.05) is 0 Å². The van der Waals surface area contributed by atoms with Crippen molar-refractivity contribution in [2.45, 2.75) is 6.42 Å². The lowest BCUT2D eigenvalue weighted by Crippen LogP contribution is -2.17. The molecule has 0 atom stereocenters. The molecule has 1 aromatic rings. The van der Waals surface area contributed by atoms with Crippen LogP contribution in [0.5, 0.6) is 0 Å². The molecule has 1 rings (SSSR count). The minimum Gasteiger partial charge on any atom is -0.481 e. The fraction of sp³-hybridized carbons (Fsp3) is 0.182. The maximum absolute atomic E-state index is 13.3. The first-order valence-electron chi connectivity index (χ1n) is 4.83. The third kappa shape index (κ3) is 3.55. The first-order valence-corrected chi connectivity index (χ1v) is 4.83. The zero-order valence-corrected chi connectivity index (χ0v) is 9.40. The first-order chi connectivity index (χ1) is 8.43. The monoisotopic (exact) mass is 255 g/mol. The molecule has 0 heterocycles. The Hall–Kier alpha value is -2.44. The van der Waals surface area contributed by atoms with Gasteiger partial charge in [-0.2, -0.15) is 0 Å². The van der Waals surface area contributed by atoms with Crippen LogP contribution >= 0.6 is 0 Å². The number of carbonyl (C=O) groups excluding carboxylic acids is 2. The van der Waals surface area contributed by atoms with Crippen LogP contribution < -0.4 is 5.32 Å². The summed E-state index contributed by atoms with van der Waals surface area (Å²) in [5, 5.41) is 10.4. The van der Waals surface area contributed by atoms with Crippen LogP contribution in [0.2, 0.25) is 0 Å². The van der Waals surface area contributed by atoms with Crippen LogP contribution in [0, 0.1) is 5.82 Å². The molecule has 0 aromatic heterocycles. The van der Waals surface area contributed by atoms with Crippen LogP contribution in [0.3, 0.4) is 0 Å². The Morgan fingerprint density at radius 2 is 2.06 bits per heavy atom. The van der Waals surface area contributed by atoms with Crippen LogP contribution in [0.4, 0.5) is 10.1 Å². The second-order valence-electron chi connectivity index (χ2n) is 3.30. The van der Waals surface area contributed by atoms with E-state index in [1.54, 1.807) is 0 Å². The number of amides is 1. The number of nitrogens with one attached hydrogen (secondary N) is 1. The van der Waals surface area contributed by atoms with E-state index in [1.165, 1.54) is 6.07 Å². The summed E-state index contributed by atoms with van der Waals surface area (Å²) < 4.78 is 17.8. The number of carboxylic acid groups (broad SMARTS) is 1. The van der Waals surface area contributed by atoms with Gasteiger partial charge < -0.3 is 15.2 Å². The van der Waals surface area contributed by atoms with Crippen LogP contribution in [-0.2, 0) is 14.3 Å². The van der Waals surface area contributed by atoms with Gasteiger partial charge in [0.05, 0.1) is 18.4 Å². The Bertz CT molecular complexity index is 500. The average Bonchev–Trinajstić information content (AvgIpc) is 2.30. The highest BCUT2D eigenvalue weighted by atomic mass is 19.1. The maximum atomic E-state index is 13.3. The van der Waals surface area contributed by atoms with Crippen LogP contribution in [-0.4, -0.2) is 30.1 Å². The highest BCUT2D eigenvalue weighted by molar-refractivity contribution is 6.02. The molecule has 2 N–H and O–H groups in total. The summed E-state index contributed by atoms with van der Waals surface area (Å²) in [6.07, 6.45) is -0.790. The van der Waals surface area contributed by atoms with E-state index in [0.717, 1.165) is 19.2 Å². The summed E-state index contributed by atoms with van der Waals surface area (Å²) in [4.78, 5) is 32.6. The van der Waals surface area contributed by atoms with Crippen LogP contribution in [0.25, 0.3) is 0 Å². The van der Waals surface area contributed by atoms with Crippen molar-refractivity contribution >= 4 is 23.5 Å². The zero-order chi connectivity index (χ0) is 13.7. The summed E-state index contributed by atoms with van der Waals surface area (Å²) in [5.41, 5.74) is -0.228. The SMILES string of the molecule is COC(=O)c1ccc(F)c(NC(=O)CC(=O)O)c1. The van der Waals surface area contributed by atoms with Crippen molar-refractivity contribution < 1.29 is 28.6 Å². The number of ether oxygens (including phenoxy) is 1. The standard InChI is InChI=1S/C11H10FNO5/c1-18-11(17)6-2-3-7(12)8(4-6)13-9(14)5-10(15)16/h2-4H,5H2,1H3,(H,13,14)(H,15,16). The van der Waals surface area contributed by atoms with Gasteiger partial charge in [0.25, 0.3) is 0 Å². The fourth-order valence-electron chi connectivity index (χ4n) is 1.20. The molecular weight excluding hydrogens is 245 g/mol. The Kier molecular flexibility index (Phi) is 4.36. The van der Waals surface area contributed by atoms with Gasteiger partial charge in [-0.15, -0.1) is 0 Å². The molecule has 0 saturated heterocycles. The van der Waals surface area contributed by atoms with Crippen molar-refractivity contribution in [3.05, 3.63) is 29.6 Å². The van der Waals surface area contributed by atoms with Crippen molar-refractivity contribution in [2.24, 2.45) is 0 Å². The number of halogens is 1. The predicted molar refractivity (Wildman–Crippen MR) is 58.6 cm³/mol. The molecule has 0 saturated carbocycles. The number of rotatable bonds is 4. The largest absolute Gasteiger partial charge is 0.481 e. The fourth-order valence-corrected chi connectivity index (χ4v) is 1.20. The quantitative estimate of drug-likeness (QED) is 0.619. The molecule has 18 heavy (non-hydrogen) atoms. The normalized spacial score (nSPS) is 9.67. The molecule has 0 aliphatic rings. The molecule has 6 nitrogen and oxygen atoms in total. The van der Waals surface area contributed by atoms with Crippen molar-refractivity contribution in [2.75, 3.05) is 12.4 Å². The smallest absolute Gasteiger partial charge is 0.337 e. The Morgan fingerprint density at radius 1 is 1.39 bits per heavy atom. The van der Waals surface area contributed by atoms with E-state index in [1.807, 2.05) is 0 Å². The number of aliphatic carboxylic acids is 1. The Morgan fingerprint density at radius 3 is 2.61 bits per heavy atom. The van der Waals surface area contributed by atoms with Gasteiger partial charge in [-0.05, 0) is 18.2 Å². The third-order valence-electron chi connectivity index (χ3n) is 1.97. The van der Waals surface area contributed by atoms with Gasteiger partial charge in [-0.25, -0.2) is 9.18 Å². The molecular formula is C11H10FNO5. The van der Waals surface area contributed by atoms with E-state index >= 15 is 0 Å². The molecule has 0 aliphatic carbocycles. The van der Waals surface area contributed by atoms with Gasteiger partial charge in [0.2, 0.25) is 5.91 Å². The number of hydrogen-bond donors (Lipinski definition) is 2. The van der Waals surface area contributed by atoms with Gasteiger partial charge in [0.15, 0.2) is 0 Å². The highest BCUT2D eigenvalue weighted by Gasteiger charge is 2.13. The van der Waals surface area contributed by atoms with E-state index in [9.17, 15) is 18.8 Å². The number of carbonyl (C=O) groups is 3. The zero-order valence-electron chi connectivity index (χ0n) is 9.40. The van der Waals surface area contributed by atoms with Gasteiger partial charge in [0.1, 0.15) is 12.2 Å². The molecule has 0 spiro atoms. The van der Waals surface area contributed by atoms with Gasteiger partial charge >= 0.3 is 11.9 Å². The molecule has 0 unspecified atom stereocenters. The molecule has 1 amide bonds. The lowest BCUT2D eigenvalue weighted by Gasteiger charge is -2.06. The van der Waals surface area contributed by atoms with Crippen molar-refractivity contribution in [1.29, 1.82) is 0 Å². The third-order valence-corrected chi connectivity index (χ3v) is 1.97. The van der Waals surface area contributed by atoms with E-state index in [-0.39, 0.29) is 11.3 Å². The van der Waals surface area contributed by atoms with E-state index in [4.69, 9.17) is 5.11 Å². The first kappa shape index (κ1) is 13.6. The van der Waals surface area contributed by atoms with E-state index in [0.29, 0.717) is 0 Å². The number of anilines is 1. The molecule has 96 valence electrons. The van der Waals surface area contributed by atoms with Crippen molar-refractivity contribution in [3.8, 4) is 0 Å². The van der Waals surface area contributed by atoms with Crippen LogP contribution in [0.15, 0.2) is 18.2 Å². The predicted octanol–water partition coefficient (Wildman–Crippen LogP) is 1.03. The van der Waals surface area contributed by atoms with E-state index in [2.05, 4.69) is 10.1 Å². The Balaban J connectivity index is 2.91. The lowest BCUT2D eigenvalue weighted by atomic mass is 10.2.